The molecule has 0 aromatic heterocycles. The summed E-state index contributed by atoms with van der Waals surface area (Å²) >= 11 is 6.00. The monoisotopic (exact) mass is 465 g/mol. The van der Waals surface area contributed by atoms with Gasteiger partial charge in [-0.2, -0.15) is 0 Å². The van der Waals surface area contributed by atoms with Gasteiger partial charge in [-0.3, -0.25) is 13.9 Å². The van der Waals surface area contributed by atoms with Gasteiger partial charge in [0.25, 0.3) is 11.8 Å². The van der Waals surface area contributed by atoms with Crippen molar-refractivity contribution in [2.75, 3.05) is 22.4 Å². The van der Waals surface area contributed by atoms with E-state index in [4.69, 9.17) is 16.3 Å². The first-order valence-corrected chi connectivity index (χ1v) is 12.0. The highest BCUT2D eigenvalue weighted by Gasteiger charge is 2.35. The number of nitrogens with zero attached hydrogens (tertiary/aromatic N) is 1. The third-order valence-electron chi connectivity index (χ3n) is 4.90. The molecule has 1 heterocycles. The first-order chi connectivity index (χ1) is 14.6. The number of fused-ring (bicyclic) bond motifs is 1. The molecule has 2 unspecified atom stereocenters. The number of nitrogens with one attached hydrogen (secondary N) is 2. The van der Waals surface area contributed by atoms with Crippen molar-refractivity contribution in [3.63, 3.8) is 0 Å². The Hall–Kier alpha value is -2.78. The number of anilines is 2. The minimum Gasteiger partial charge on any atom is -0.476 e. The number of amides is 2. The van der Waals surface area contributed by atoms with E-state index in [-0.39, 0.29) is 29.9 Å². The second-order valence-corrected chi connectivity index (χ2v) is 9.67. The fourth-order valence-electron chi connectivity index (χ4n) is 3.08. The summed E-state index contributed by atoms with van der Waals surface area (Å²) in [5.74, 6) is -0.658. The maximum atomic E-state index is 13.0. The van der Waals surface area contributed by atoms with E-state index < -0.39 is 22.0 Å². The predicted octanol–water partition coefficient (Wildman–Crippen LogP) is 3.03. The van der Waals surface area contributed by atoms with E-state index in [1.54, 1.807) is 30.3 Å². The Morgan fingerprint density at radius 2 is 1.97 bits per heavy atom. The van der Waals surface area contributed by atoms with Gasteiger partial charge in [0.05, 0.1) is 29.7 Å². The number of rotatable bonds is 6. The first-order valence-electron chi connectivity index (χ1n) is 9.74. The van der Waals surface area contributed by atoms with E-state index in [1.165, 1.54) is 12.1 Å². The van der Waals surface area contributed by atoms with Gasteiger partial charge in [0.1, 0.15) is 5.75 Å². The Morgan fingerprint density at radius 1 is 1.26 bits per heavy atom. The molecule has 0 aliphatic carbocycles. The van der Waals surface area contributed by atoms with Gasteiger partial charge in [0.2, 0.25) is 10.0 Å². The van der Waals surface area contributed by atoms with E-state index in [2.05, 4.69) is 10.6 Å². The summed E-state index contributed by atoms with van der Waals surface area (Å²) in [6.07, 6.45) is 0.696. The van der Waals surface area contributed by atoms with Gasteiger partial charge in [-0.05, 0) is 43.7 Å². The third kappa shape index (κ3) is 5.29. The lowest BCUT2D eigenvalue weighted by atomic mass is 10.1. The lowest BCUT2D eigenvalue weighted by Crippen LogP contribution is -2.48. The summed E-state index contributed by atoms with van der Waals surface area (Å²) < 4.78 is 31.4. The van der Waals surface area contributed by atoms with Gasteiger partial charge in [-0.1, -0.05) is 30.7 Å². The van der Waals surface area contributed by atoms with Crippen LogP contribution in [0, 0.1) is 0 Å². The Bertz CT molecular complexity index is 1110. The number of para-hydroxylation sites is 1. The molecule has 2 atom stereocenters. The molecule has 2 amide bonds. The quantitative estimate of drug-likeness (QED) is 0.682. The molecular formula is C21H24ClN3O5S. The van der Waals surface area contributed by atoms with Crippen LogP contribution in [0.3, 0.4) is 0 Å². The molecule has 0 saturated carbocycles. The molecule has 0 radical (unpaired) electrons. The fourth-order valence-corrected chi connectivity index (χ4v) is 4.15. The fraction of sp³-hybridized carbons (Fsp3) is 0.333. The van der Waals surface area contributed by atoms with Crippen LogP contribution in [0.2, 0.25) is 5.02 Å². The van der Waals surface area contributed by atoms with Crippen LogP contribution in [-0.4, -0.2) is 45.2 Å². The van der Waals surface area contributed by atoms with Gasteiger partial charge in [-0.25, -0.2) is 8.42 Å². The predicted molar refractivity (Wildman–Crippen MR) is 120 cm³/mol. The number of carbonyl (C=O) groups excluding carboxylic acids is 2. The van der Waals surface area contributed by atoms with Crippen molar-refractivity contribution < 1.29 is 22.7 Å². The van der Waals surface area contributed by atoms with E-state index in [0.29, 0.717) is 16.3 Å². The summed E-state index contributed by atoms with van der Waals surface area (Å²) in [6.45, 7) is 3.62. The van der Waals surface area contributed by atoms with Crippen molar-refractivity contribution in [3.8, 4) is 5.75 Å². The number of carbonyl (C=O) groups is 2. The number of hydrogen-bond acceptors (Lipinski definition) is 5. The van der Waals surface area contributed by atoms with Crippen LogP contribution in [0.1, 0.15) is 30.6 Å². The molecule has 1 aliphatic rings. The van der Waals surface area contributed by atoms with Gasteiger partial charge in [0, 0.05) is 11.1 Å². The van der Waals surface area contributed by atoms with E-state index in [0.717, 1.165) is 17.0 Å². The standard InChI is InChI=1S/C21H24ClN3O5S/c1-4-13(2)23-20(26)15-7-5-6-8-16(15)24-21(27)19-12-25(31(3,28)29)17-11-14(22)9-10-18(17)30-19/h5-11,13,19H,4,12H2,1-3H3,(H,23,26)(H,24,27). The van der Waals surface area contributed by atoms with Crippen molar-refractivity contribution in [1.29, 1.82) is 0 Å². The summed E-state index contributed by atoms with van der Waals surface area (Å²) in [4.78, 5) is 25.5. The number of sulfonamides is 1. The normalized spacial score (nSPS) is 16.6. The summed E-state index contributed by atoms with van der Waals surface area (Å²) in [5, 5.41) is 5.90. The molecule has 0 fully saturated rings. The maximum absolute atomic E-state index is 13.0. The smallest absolute Gasteiger partial charge is 0.267 e. The van der Waals surface area contributed by atoms with Crippen LogP contribution in [0.5, 0.6) is 5.75 Å². The zero-order chi connectivity index (χ0) is 22.8. The van der Waals surface area contributed by atoms with Crippen molar-refractivity contribution in [1.82, 2.24) is 5.32 Å². The maximum Gasteiger partial charge on any atom is 0.267 e. The molecule has 1 aliphatic heterocycles. The van der Waals surface area contributed by atoms with Crippen LogP contribution in [0.15, 0.2) is 42.5 Å². The Balaban J connectivity index is 1.85. The molecule has 0 spiro atoms. The highest BCUT2D eigenvalue weighted by atomic mass is 35.5. The van der Waals surface area contributed by atoms with Crippen molar-refractivity contribution in [2.45, 2.75) is 32.4 Å². The molecule has 2 aromatic rings. The largest absolute Gasteiger partial charge is 0.476 e. The topological polar surface area (TPSA) is 105 Å². The van der Waals surface area contributed by atoms with Crippen molar-refractivity contribution >= 4 is 44.8 Å². The molecule has 31 heavy (non-hydrogen) atoms. The van der Waals surface area contributed by atoms with Crippen molar-refractivity contribution in [2.24, 2.45) is 0 Å². The molecular weight excluding hydrogens is 442 g/mol. The van der Waals surface area contributed by atoms with E-state index in [1.807, 2.05) is 13.8 Å². The number of ether oxygens (including phenoxy) is 1. The Morgan fingerprint density at radius 3 is 2.65 bits per heavy atom. The number of benzene rings is 2. The molecule has 166 valence electrons. The van der Waals surface area contributed by atoms with Crippen LogP contribution in [0.25, 0.3) is 0 Å². The molecule has 2 N–H and O–H groups in total. The van der Waals surface area contributed by atoms with Crippen LogP contribution in [-0.2, 0) is 14.8 Å². The van der Waals surface area contributed by atoms with Gasteiger partial charge >= 0.3 is 0 Å². The second-order valence-electron chi connectivity index (χ2n) is 7.33. The van der Waals surface area contributed by atoms with E-state index in [9.17, 15) is 18.0 Å². The molecule has 10 heteroatoms. The highest BCUT2D eigenvalue weighted by Crippen LogP contribution is 2.37. The van der Waals surface area contributed by atoms with Crippen LogP contribution < -0.4 is 19.7 Å². The number of halogens is 1. The zero-order valence-corrected chi connectivity index (χ0v) is 19.0. The first kappa shape index (κ1) is 22.9. The molecule has 0 saturated heterocycles. The van der Waals surface area contributed by atoms with Crippen LogP contribution in [0.4, 0.5) is 11.4 Å². The Labute approximate surface area is 186 Å². The highest BCUT2D eigenvalue weighted by molar-refractivity contribution is 7.92. The minimum absolute atomic E-state index is 0.0235. The van der Waals surface area contributed by atoms with E-state index >= 15 is 0 Å². The molecule has 2 aromatic carbocycles. The summed E-state index contributed by atoms with van der Waals surface area (Å²) in [6, 6.07) is 11.1. The summed E-state index contributed by atoms with van der Waals surface area (Å²) in [7, 11) is -3.68. The minimum atomic E-state index is -3.68. The lowest BCUT2D eigenvalue weighted by molar-refractivity contribution is -0.122. The van der Waals surface area contributed by atoms with Gasteiger partial charge in [-0.15, -0.1) is 0 Å². The van der Waals surface area contributed by atoms with Gasteiger partial charge in [0.15, 0.2) is 6.10 Å². The summed E-state index contributed by atoms with van der Waals surface area (Å²) in [5.41, 5.74) is 0.885. The number of hydrogen-bond donors (Lipinski definition) is 2. The average molecular weight is 466 g/mol. The molecule has 8 nitrogen and oxygen atoms in total. The molecule has 3 rings (SSSR count). The second kappa shape index (κ2) is 9.15. The Kier molecular flexibility index (Phi) is 6.76. The van der Waals surface area contributed by atoms with Gasteiger partial charge < -0.3 is 15.4 Å². The SMILES string of the molecule is CCC(C)NC(=O)c1ccccc1NC(=O)C1CN(S(C)(=O)=O)c2cc(Cl)ccc2O1. The van der Waals surface area contributed by atoms with Crippen molar-refractivity contribution in [3.05, 3.63) is 53.1 Å². The van der Waals surface area contributed by atoms with Crippen LogP contribution >= 0.6 is 11.6 Å². The zero-order valence-electron chi connectivity index (χ0n) is 17.4. The average Bonchev–Trinajstić information content (AvgIpc) is 2.72. The third-order valence-corrected chi connectivity index (χ3v) is 6.28. The molecule has 0 bridgehead atoms. The lowest BCUT2D eigenvalue weighted by Gasteiger charge is -2.34.